The number of hydrogen-bond acceptors (Lipinski definition) is 4. The van der Waals surface area contributed by atoms with E-state index in [-0.39, 0.29) is 0 Å². The van der Waals surface area contributed by atoms with Crippen LogP contribution in [0.4, 0.5) is 0 Å². The Balaban J connectivity index is 1.78. The molecule has 158 valence electrons. The zero-order valence-electron chi connectivity index (χ0n) is 17.7. The van der Waals surface area contributed by atoms with Gasteiger partial charge >= 0.3 is 0 Å². The van der Waals surface area contributed by atoms with Gasteiger partial charge in [-0.3, -0.25) is 0 Å². The highest BCUT2D eigenvalue weighted by Gasteiger charge is 2.17. The highest BCUT2D eigenvalue weighted by Crippen LogP contribution is 2.34. The van der Waals surface area contributed by atoms with Crippen LogP contribution >= 0.6 is 0 Å². The largest absolute Gasteiger partial charge is 0.493 e. The summed E-state index contributed by atoms with van der Waals surface area (Å²) in [4.78, 5) is 0. The van der Waals surface area contributed by atoms with Gasteiger partial charge in [0.15, 0.2) is 11.5 Å². The summed E-state index contributed by atoms with van der Waals surface area (Å²) in [6, 6.07) is 23.4. The van der Waals surface area contributed by atoms with E-state index in [4.69, 9.17) is 14.2 Å². The first-order valence-electron chi connectivity index (χ1n) is 10.4. The normalized spacial score (nSPS) is 11.8. The number of ether oxygens (including phenoxy) is 3. The number of rotatable bonds is 11. The van der Waals surface area contributed by atoms with Crippen molar-refractivity contribution in [2.24, 2.45) is 0 Å². The van der Waals surface area contributed by atoms with Gasteiger partial charge in [-0.2, -0.15) is 0 Å². The molecule has 0 amide bonds. The van der Waals surface area contributed by atoms with Crippen molar-refractivity contribution < 1.29 is 19.3 Å². The topological polar surface area (TPSA) is 47.9 Å². The quantitative estimate of drug-likeness (QED) is 0.417. The lowest BCUT2D eigenvalue weighted by atomic mass is 9.97. The lowest BCUT2D eigenvalue weighted by Gasteiger charge is -2.18. The Hall–Kier alpha value is -2.82. The second-order valence-corrected chi connectivity index (χ2v) is 7.19. The van der Waals surface area contributed by atoms with Gasteiger partial charge in [0.1, 0.15) is 12.7 Å². The van der Waals surface area contributed by atoms with Crippen molar-refractivity contribution in [3.63, 3.8) is 0 Å². The molecule has 0 radical (unpaired) electrons. The van der Waals surface area contributed by atoms with E-state index >= 15 is 0 Å². The fourth-order valence-corrected chi connectivity index (χ4v) is 3.25. The van der Waals surface area contributed by atoms with Crippen molar-refractivity contribution in [2.75, 3.05) is 13.7 Å². The SMILES string of the molecule is CCCCOCc1ccccc1C(O)c1ccc(OC)c(OCc2ccccc2)c1. The average molecular weight is 407 g/mol. The Morgan fingerprint density at radius 3 is 2.40 bits per heavy atom. The smallest absolute Gasteiger partial charge is 0.162 e. The maximum atomic E-state index is 11.1. The lowest BCUT2D eigenvalue weighted by Crippen LogP contribution is -2.06. The monoisotopic (exact) mass is 406 g/mol. The third-order valence-electron chi connectivity index (χ3n) is 4.99. The third kappa shape index (κ3) is 5.85. The first-order chi connectivity index (χ1) is 14.7. The first kappa shape index (κ1) is 21.9. The van der Waals surface area contributed by atoms with Gasteiger partial charge in [-0.25, -0.2) is 0 Å². The van der Waals surface area contributed by atoms with Crippen molar-refractivity contribution in [3.8, 4) is 11.5 Å². The Bertz CT molecular complexity index is 908. The number of hydrogen-bond donors (Lipinski definition) is 1. The van der Waals surface area contributed by atoms with Gasteiger partial charge < -0.3 is 19.3 Å². The van der Waals surface area contributed by atoms with Crippen LogP contribution in [0.25, 0.3) is 0 Å². The molecule has 30 heavy (non-hydrogen) atoms. The summed E-state index contributed by atoms with van der Waals surface area (Å²) in [5, 5.41) is 11.1. The predicted molar refractivity (Wildman–Crippen MR) is 119 cm³/mol. The van der Waals surface area contributed by atoms with E-state index in [1.54, 1.807) is 7.11 Å². The van der Waals surface area contributed by atoms with E-state index in [0.29, 0.717) is 24.7 Å². The van der Waals surface area contributed by atoms with Gasteiger partial charge in [0.2, 0.25) is 0 Å². The summed E-state index contributed by atoms with van der Waals surface area (Å²) in [6.07, 6.45) is 1.36. The van der Waals surface area contributed by atoms with E-state index in [9.17, 15) is 5.11 Å². The van der Waals surface area contributed by atoms with E-state index < -0.39 is 6.10 Å². The zero-order valence-corrected chi connectivity index (χ0v) is 17.7. The standard InChI is InChI=1S/C26H30O4/c1-3-4-16-29-19-22-12-8-9-13-23(22)26(27)21-14-15-24(28-2)25(17-21)30-18-20-10-6-5-7-11-20/h5-15,17,26-27H,3-4,16,18-19H2,1-2H3. The molecule has 0 spiro atoms. The average Bonchev–Trinajstić information content (AvgIpc) is 2.81. The minimum Gasteiger partial charge on any atom is -0.493 e. The molecule has 0 saturated carbocycles. The summed E-state index contributed by atoms with van der Waals surface area (Å²) in [7, 11) is 1.61. The van der Waals surface area contributed by atoms with Crippen LogP contribution in [0, 0.1) is 0 Å². The maximum Gasteiger partial charge on any atom is 0.162 e. The summed E-state index contributed by atoms with van der Waals surface area (Å²) >= 11 is 0. The second kappa shape index (κ2) is 11.4. The van der Waals surface area contributed by atoms with E-state index in [1.807, 2.05) is 72.8 Å². The molecular formula is C26H30O4. The third-order valence-corrected chi connectivity index (χ3v) is 4.99. The van der Waals surface area contributed by atoms with Crippen molar-refractivity contribution in [1.29, 1.82) is 0 Å². The van der Waals surface area contributed by atoms with Crippen LogP contribution in [0.3, 0.4) is 0 Å². The molecule has 1 unspecified atom stereocenters. The molecule has 0 saturated heterocycles. The summed E-state index contributed by atoms with van der Waals surface area (Å²) in [5.74, 6) is 1.24. The summed E-state index contributed by atoms with van der Waals surface area (Å²) in [6.45, 7) is 3.78. The van der Waals surface area contributed by atoms with Crippen LogP contribution in [0.5, 0.6) is 11.5 Å². The van der Waals surface area contributed by atoms with Crippen molar-refractivity contribution in [1.82, 2.24) is 0 Å². The summed E-state index contributed by atoms with van der Waals surface area (Å²) < 4.78 is 17.2. The Morgan fingerprint density at radius 1 is 0.867 bits per heavy atom. The Labute approximate surface area is 179 Å². The van der Waals surface area contributed by atoms with E-state index in [0.717, 1.165) is 41.7 Å². The second-order valence-electron chi connectivity index (χ2n) is 7.19. The van der Waals surface area contributed by atoms with Crippen LogP contribution in [0.15, 0.2) is 72.8 Å². The zero-order chi connectivity index (χ0) is 21.2. The Kier molecular flexibility index (Phi) is 8.30. The van der Waals surface area contributed by atoms with Gasteiger partial charge in [-0.05, 0) is 40.8 Å². The van der Waals surface area contributed by atoms with Gasteiger partial charge in [0.05, 0.1) is 13.7 Å². The highest BCUT2D eigenvalue weighted by molar-refractivity contribution is 5.46. The first-order valence-corrected chi connectivity index (χ1v) is 10.4. The van der Waals surface area contributed by atoms with E-state index in [2.05, 4.69) is 6.92 Å². The molecular weight excluding hydrogens is 376 g/mol. The van der Waals surface area contributed by atoms with Crippen LogP contribution in [0.1, 0.15) is 48.1 Å². The predicted octanol–water partition coefficient (Wildman–Crippen LogP) is 5.67. The van der Waals surface area contributed by atoms with Gasteiger partial charge in [0.25, 0.3) is 0 Å². The Morgan fingerprint density at radius 2 is 1.63 bits per heavy atom. The minimum absolute atomic E-state index is 0.429. The molecule has 0 aliphatic heterocycles. The molecule has 0 aliphatic carbocycles. The molecule has 0 fully saturated rings. The number of methoxy groups -OCH3 is 1. The molecule has 4 nitrogen and oxygen atoms in total. The lowest BCUT2D eigenvalue weighted by molar-refractivity contribution is 0.115. The van der Waals surface area contributed by atoms with Crippen LogP contribution < -0.4 is 9.47 Å². The van der Waals surface area contributed by atoms with Crippen molar-refractivity contribution >= 4 is 0 Å². The molecule has 0 bridgehead atoms. The number of unbranched alkanes of at least 4 members (excludes halogenated alkanes) is 1. The van der Waals surface area contributed by atoms with Crippen LogP contribution in [-0.2, 0) is 18.0 Å². The molecule has 3 rings (SSSR count). The molecule has 0 heterocycles. The highest BCUT2D eigenvalue weighted by atomic mass is 16.5. The molecule has 1 atom stereocenters. The maximum absolute atomic E-state index is 11.1. The van der Waals surface area contributed by atoms with E-state index in [1.165, 1.54) is 0 Å². The molecule has 0 aromatic heterocycles. The van der Waals surface area contributed by atoms with Crippen LogP contribution in [-0.4, -0.2) is 18.8 Å². The number of benzene rings is 3. The minimum atomic E-state index is -0.777. The molecule has 4 heteroatoms. The molecule has 1 N–H and O–H groups in total. The van der Waals surface area contributed by atoms with Gasteiger partial charge in [0, 0.05) is 6.61 Å². The fraction of sp³-hybridized carbons (Fsp3) is 0.308. The fourth-order valence-electron chi connectivity index (χ4n) is 3.25. The van der Waals surface area contributed by atoms with Gasteiger partial charge in [-0.1, -0.05) is 74.0 Å². The van der Waals surface area contributed by atoms with Crippen LogP contribution in [0.2, 0.25) is 0 Å². The molecule has 3 aromatic rings. The number of aliphatic hydroxyl groups is 1. The van der Waals surface area contributed by atoms with Crippen molar-refractivity contribution in [2.45, 2.75) is 39.1 Å². The van der Waals surface area contributed by atoms with Crippen molar-refractivity contribution in [3.05, 3.63) is 95.1 Å². The summed E-state index contributed by atoms with van der Waals surface area (Å²) in [5.41, 5.74) is 3.65. The molecule has 0 aliphatic rings. The number of aliphatic hydroxyl groups excluding tert-OH is 1. The van der Waals surface area contributed by atoms with Gasteiger partial charge in [-0.15, -0.1) is 0 Å². The molecule has 3 aromatic carbocycles.